The van der Waals surface area contributed by atoms with E-state index in [1.165, 1.54) is 5.56 Å². The van der Waals surface area contributed by atoms with E-state index in [9.17, 15) is 0 Å². The van der Waals surface area contributed by atoms with Crippen LogP contribution in [0.15, 0.2) is 47.7 Å². The van der Waals surface area contributed by atoms with Crippen molar-refractivity contribution in [2.24, 2.45) is 4.99 Å². The maximum absolute atomic E-state index is 5.97. The van der Waals surface area contributed by atoms with Crippen molar-refractivity contribution in [1.82, 2.24) is 20.0 Å². The van der Waals surface area contributed by atoms with E-state index in [2.05, 4.69) is 46.5 Å². The highest BCUT2D eigenvalue weighted by molar-refractivity contribution is 5.80. The molecule has 1 fully saturated rings. The van der Waals surface area contributed by atoms with Crippen LogP contribution in [0.25, 0.3) is 5.69 Å². The third-order valence-corrected chi connectivity index (χ3v) is 5.04. The highest BCUT2D eigenvalue weighted by atomic mass is 16.5. The van der Waals surface area contributed by atoms with Gasteiger partial charge in [0.15, 0.2) is 5.96 Å². The highest BCUT2D eigenvalue weighted by Crippen LogP contribution is 2.15. The first-order valence-corrected chi connectivity index (χ1v) is 10.5. The first kappa shape index (κ1) is 21.3. The lowest BCUT2D eigenvalue weighted by Crippen LogP contribution is -2.47. The minimum absolute atomic E-state index is 0.348. The average Bonchev–Trinajstić information content (AvgIpc) is 3.30. The molecule has 0 bridgehead atoms. The third-order valence-electron chi connectivity index (χ3n) is 5.04. The molecule has 1 saturated heterocycles. The molecule has 29 heavy (non-hydrogen) atoms. The SMILES string of the molecule is CCNC(=NCc1ccc(-n2cccn2)cc1)N1CCC(OCCCOC)CC1. The van der Waals surface area contributed by atoms with Gasteiger partial charge in [-0.05, 0) is 49.9 Å². The van der Waals surface area contributed by atoms with Gasteiger partial charge in [-0.15, -0.1) is 0 Å². The minimum Gasteiger partial charge on any atom is -0.385 e. The molecule has 0 spiro atoms. The van der Waals surface area contributed by atoms with Crippen LogP contribution in [0.5, 0.6) is 0 Å². The first-order valence-electron chi connectivity index (χ1n) is 10.5. The molecule has 2 heterocycles. The molecule has 1 aromatic heterocycles. The van der Waals surface area contributed by atoms with Gasteiger partial charge >= 0.3 is 0 Å². The summed E-state index contributed by atoms with van der Waals surface area (Å²) in [6.07, 6.45) is 7.11. The lowest BCUT2D eigenvalue weighted by Gasteiger charge is -2.34. The van der Waals surface area contributed by atoms with Gasteiger partial charge in [0.2, 0.25) is 0 Å². The summed E-state index contributed by atoms with van der Waals surface area (Å²) in [4.78, 5) is 7.21. The van der Waals surface area contributed by atoms with Gasteiger partial charge in [-0.2, -0.15) is 5.10 Å². The summed E-state index contributed by atoms with van der Waals surface area (Å²) < 4.78 is 12.9. The zero-order valence-corrected chi connectivity index (χ0v) is 17.6. The first-order chi connectivity index (χ1) is 14.3. The number of methoxy groups -OCH3 is 1. The molecular weight excluding hydrogens is 366 g/mol. The van der Waals surface area contributed by atoms with E-state index in [0.717, 1.165) is 63.8 Å². The molecule has 1 aromatic carbocycles. The van der Waals surface area contributed by atoms with Crippen LogP contribution >= 0.6 is 0 Å². The van der Waals surface area contributed by atoms with Crippen molar-refractivity contribution in [2.75, 3.05) is 40.0 Å². The van der Waals surface area contributed by atoms with Crippen LogP contribution in [0, 0.1) is 0 Å². The number of aromatic nitrogens is 2. The van der Waals surface area contributed by atoms with Crippen LogP contribution in [-0.2, 0) is 16.0 Å². The van der Waals surface area contributed by atoms with E-state index in [1.807, 2.05) is 16.9 Å². The van der Waals surface area contributed by atoms with E-state index in [-0.39, 0.29) is 0 Å². The Morgan fingerprint density at radius 1 is 1.21 bits per heavy atom. The van der Waals surface area contributed by atoms with Crippen LogP contribution in [0.3, 0.4) is 0 Å². The summed E-state index contributed by atoms with van der Waals surface area (Å²) in [6, 6.07) is 10.3. The van der Waals surface area contributed by atoms with Crippen molar-refractivity contribution >= 4 is 5.96 Å². The maximum atomic E-state index is 5.97. The van der Waals surface area contributed by atoms with E-state index < -0.39 is 0 Å². The van der Waals surface area contributed by atoms with Crippen molar-refractivity contribution in [1.29, 1.82) is 0 Å². The van der Waals surface area contributed by atoms with Crippen LogP contribution in [0.1, 0.15) is 31.7 Å². The molecule has 0 radical (unpaired) electrons. The molecule has 7 nitrogen and oxygen atoms in total. The number of nitrogens with zero attached hydrogens (tertiary/aromatic N) is 4. The van der Waals surface area contributed by atoms with Crippen LogP contribution in [0.4, 0.5) is 0 Å². The van der Waals surface area contributed by atoms with Crippen molar-refractivity contribution in [3.63, 3.8) is 0 Å². The number of guanidine groups is 1. The standard InChI is InChI=1S/C22H33N5O2/c1-3-23-22(26-14-10-21(11-15-26)29-17-5-16-28-2)24-18-19-6-8-20(9-7-19)27-13-4-12-25-27/h4,6-9,12-13,21H,3,5,10-11,14-18H2,1-2H3,(H,23,24). The highest BCUT2D eigenvalue weighted by Gasteiger charge is 2.21. The fourth-order valence-corrected chi connectivity index (χ4v) is 3.46. The second-order valence-corrected chi connectivity index (χ2v) is 7.19. The van der Waals surface area contributed by atoms with Crippen LogP contribution in [0.2, 0.25) is 0 Å². The van der Waals surface area contributed by atoms with E-state index in [4.69, 9.17) is 14.5 Å². The van der Waals surface area contributed by atoms with Crippen LogP contribution in [-0.4, -0.2) is 66.7 Å². The molecule has 2 aromatic rings. The van der Waals surface area contributed by atoms with Gasteiger partial charge < -0.3 is 19.7 Å². The smallest absolute Gasteiger partial charge is 0.194 e. The molecular formula is C22H33N5O2. The van der Waals surface area contributed by atoms with Crippen molar-refractivity contribution < 1.29 is 9.47 Å². The second kappa shape index (κ2) is 11.6. The quantitative estimate of drug-likeness (QED) is 0.399. The number of nitrogens with one attached hydrogen (secondary N) is 1. The fourth-order valence-electron chi connectivity index (χ4n) is 3.46. The lowest BCUT2D eigenvalue weighted by molar-refractivity contribution is 0.00990. The zero-order valence-electron chi connectivity index (χ0n) is 17.6. The number of piperidine rings is 1. The topological polar surface area (TPSA) is 63.9 Å². The Kier molecular flexibility index (Phi) is 8.52. The molecule has 0 unspecified atom stereocenters. The summed E-state index contributed by atoms with van der Waals surface area (Å²) in [7, 11) is 1.73. The van der Waals surface area contributed by atoms with Gasteiger partial charge in [0.1, 0.15) is 0 Å². The molecule has 1 N–H and O–H groups in total. The molecule has 158 valence electrons. The van der Waals surface area contributed by atoms with E-state index in [1.54, 1.807) is 13.3 Å². The monoisotopic (exact) mass is 399 g/mol. The largest absolute Gasteiger partial charge is 0.385 e. The lowest BCUT2D eigenvalue weighted by atomic mass is 10.1. The summed E-state index contributed by atoms with van der Waals surface area (Å²) in [5, 5.41) is 7.70. The molecule has 0 saturated carbocycles. The van der Waals surface area contributed by atoms with Crippen LogP contribution < -0.4 is 5.32 Å². The van der Waals surface area contributed by atoms with Gasteiger partial charge in [0.05, 0.1) is 18.3 Å². The number of ether oxygens (including phenoxy) is 2. The Morgan fingerprint density at radius 3 is 2.66 bits per heavy atom. The Balaban J connectivity index is 1.51. The van der Waals surface area contributed by atoms with E-state index in [0.29, 0.717) is 12.6 Å². The van der Waals surface area contributed by atoms with Gasteiger partial charge in [-0.25, -0.2) is 9.67 Å². The summed E-state index contributed by atoms with van der Waals surface area (Å²) in [5.41, 5.74) is 2.25. The number of hydrogen-bond acceptors (Lipinski definition) is 4. The maximum Gasteiger partial charge on any atom is 0.194 e. The Hall–Kier alpha value is -2.38. The van der Waals surface area contributed by atoms with Gasteiger partial charge in [-0.3, -0.25) is 0 Å². The van der Waals surface area contributed by atoms with Gasteiger partial charge in [0.25, 0.3) is 0 Å². The molecule has 0 aliphatic carbocycles. The number of hydrogen-bond donors (Lipinski definition) is 1. The molecule has 1 aliphatic rings. The van der Waals surface area contributed by atoms with Crippen molar-refractivity contribution in [2.45, 2.75) is 38.8 Å². The molecule has 3 rings (SSSR count). The van der Waals surface area contributed by atoms with E-state index >= 15 is 0 Å². The predicted molar refractivity (Wildman–Crippen MR) is 115 cm³/mol. The minimum atomic E-state index is 0.348. The molecule has 7 heteroatoms. The Bertz CT molecular complexity index is 722. The Labute approximate surface area is 173 Å². The summed E-state index contributed by atoms with van der Waals surface area (Å²) in [6.45, 7) is 7.12. The average molecular weight is 400 g/mol. The second-order valence-electron chi connectivity index (χ2n) is 7.19. The molecule has 0 atom stereocenters. The van der Waals surface area contributed by atoms with Gasteiger partial charge in [-0.1, -0.05) is 12.1 Å². The number of likely N-dealkylation sites (tertiary alicyclic amines) is 1. The van der Waals surface area contributed by atoms with Crippen molar-refractivity contribution in [3.05, 3.63) is 48.3 Å². The number of rotatable bonds is 9. The zero-order chi connectivity index (χ0) is 20.3. The van der Waals surface area contributed by atoms with Gasteiger partial charge in [0, 0.05) is 52.4 Å². The fraction of sp³-hybridized carbons (Fsp3) is 0.545. The number of aliphatic imine (C=N–C) groups is 1. The normalized spacial score (nSPS) is 15.7. The summed E-state index contributed by atoms with van der Waals surface area (Å²) >= 11 is 0. The predicted octanol–water partition coefficient (Wildman–Crippen LogP) is 2.86. The van der Waals surface area contributed by atoms with Crippen molar-refractivity contribution in [3.8, 4) is 5.69 Å². The molecule has 0 amide bonds. The number of benzene rings is 1. The third kappa shape index (κ3) is 6.58. The Morgan fingerprint density at radius 2 is 2.00 bits per heavy atom. The summed E-state index contributed by atoms with van der Waals surface area (Å²) in [5.74, 6) is 0.987. The molecule has 1 aliphatic heterocycles.